The van der Waals surface area contributed by atoms with Crippen molar-refractivity contribution in [3.63, 3.8) is 0 Å². The van der Waals surface area contributed by atoms with E-state index in [1.165, 1.54) is 0 Å². The van der Waals surface area contributed by atoms with Gasteiger partial charge in [0.1, 0.15) is 6.04 Å². The summed E-state index contributed by atoms with van der Waals surface area (Å²) in [6.45, 7) is 7.68. The lowest BCUT2D eigenvalue weighted by Crippen LogP contribution is -2.32. The summed E-state index contributed by atoms with van der Waals surface area (Å²) in [5.74, 6) is -0.337. The van der Waals surface area contributed by atoms with Gasteiger partial charge in [0.25, 0.3) is 0 Å². The lowest BCUT2D eigenvalue weighted by molar-refractivity contribution is -0.143. The summed E-state index contributed by atoms with van der Waals surface area (Å²) in [5.41, 5.74) is 1.46. The van der Waals surface area contributed by atoms with Crippen LogP contribution < -0.4 is 5.32 Å². The van der Waals surface area contributed by atoms with Crippen LogP contribution in [-0.2, 0) is 9.53 Å². The van der Waals surface area contributed by atoms with Crippen molar-refractivity contribution < 1.29 is 9.53 Å². The summed E-state index contributed by atoms with van der Waals surface area (Å²) in [7, 11) is 0. The highest BCUT2D eigenvalue weighted by Crippen LogP contribution is 2.26. The van der Waals surface area contributed by atoms with E-state index in [-0.39, 0.29) is 5.97 Å². The van der Waals surface area contributed by atoms with Gasteiger partial charge in [-0.3, -0.25) is 0 Å². The molecule has 0 aromatic heterocycles. The quantitative estimate of drug-likeness (QED) is 0.654. The van der Waals surface area contributed by atoms with Gasteiger partial charge in [-0.15, -0.1) is 0 Å². The summed E-state index contributed by atoms with van der Waals surface area (Å²) in [4.78, 5) is 11.8. The van der Waals surface area contributed by atoms with Crippen LogP contribution in [0.15, 0.2) is 34.8 Å². The van der Waals surface area contributed by atoms with Crippen LogP contribution in [0.3, 0.4) is 0 Å². The first-order chi connectivity index (χ1) is 8.45. The number of rotatable bonds is 5. The van der Waals surface area contributed by atoms with Gasteiger partial charge in [0.05, 0.1) is 11.6 Å². The van der Waals surface area contributed by atoms with Crippen LogP contribution in [0.5, 0.6) is 0 Å². The van der Waals surface area contributed by atoms with E-state index in [4.69, 9.17) is 16.3 Å². The number of hydrogen-bond donors (Lipinski definition) is 1. The van der Waals surface area contributed by atoms with Gasteiger partial charge in [-0.1, -0.05) is 18.2 Å². The minimum absolute atomic E-state index is 0.337. The molecule has 0 fully saturated rings. The number of anilines is 1. The highest BCUT2D eigenvalue weighted by Gasteiger charge is 2.20. The summed E-state index contributed by atoms with van der Waals surface area (Å²) < 4.78 is 5.75. The van der Waals surface area contributed by atoms with E-state index in [1.807, 2.05) is 0 Å². The Balaban J connectivity index is 2.86. The molecule has 1 atom stereocenters. The van der Waals surface area contributed by atoms with Gasteiger partial charge in [-0.2, -0.15) is 0 Å². The fourth-order valence-corrected chi connectivity index (χ4v) is 1.86. The molecule has 0 aliphatic heterocycles. The maximum Gasteiger partial charge on any atom is 0.332 e. The van der Waals surface area contributed by atoms with Crippen molar-refractivity contribution in [2.45, 2.75) is 19.9 Å². The van der Waals surface area contributed by atoms with Crippen molar-refractivity contribution in [1.82, 2.24) is 0 Å². The molecule has 1 N–H and O–H groups in total. The average molecular weight is 333 g/mol. The first-order valence-electron chi connectivity index (χ1n) is 5.49. The number of carbonyl (C=O) groups is 1. The molecule has 1 rings (SSSR count). The smallest absolute Gasteiger partial charge is 0.332 e. The summed E-state index contributed by atoms with van der Waals surface area (Å²) in [6, 6.07) is 4.78. The maximum absolute atomic E-state index is 11.8. The van der Waals surface area contributed by atoms with Crippen molar-refractivity contribution in [2.24, 2.45) is 0 Å². The van der Waals surface area contributed by atoms with Crippen LogP contribution in [0.25, 0.3) is 0 Å². The minimum atomic E-state index is -0.557. The highest BCUT2D eigenvalue weighted by molar-refractivity contribution is 9.10. The zero-order valence-electron chi connectivity index (χ0n) is 10.3. The summed E-state index contributed by atoms with van der Waals surface area (Å²) in [5, 5.41) is 3.68. The van der Waals surface area contributed by atoms with Crippen LogP contribution in [0.2, 0.25) is 5.02 Å². The third-order valence-corrected chi connectivity index (χ3v) is 3.46. The molecule has 0 saturated heterocycles. The predicted octanol–water partition coefficient (Wildman–Crippen LogP) is 4.02. The average Bonchev–Trinajstić information content (AvgIpc) is 2.30. The third-order valence-electron chi connectivity index (χ3n) is 2.25. The number of carbonyl (C=O) groups excluding carboxylic acids is 1. The van der Waals surface area contributed by atoms with E-state index in [9.17, 15) is 4.79 Å². The van der Waals surface area contributed by atoms with Gasteiger partial charge in [0, 0.05) is 10.2 Å². The Morgan fingerprint density at radius 2 is 2.28 bits per heavy atom. The molecule has 0 spiro atoms. The molecule has 1 aromatic carbocycles. The monoisotopic (exact) mass is 331 g/mol. The van der Waals surface area contributed by atoms with E-state index in [1.54, 1.807) is 32.0 Å². The second kappa shape index (κ2) is 6.81. The molecular weight excluding hydrogens is 318 g/mol. The van der Waals surface area contributed by atoms with Crippen LogP contribution >= 0.6 is 27.5 Å². The Bertz CT molecular complexity index is 462. The van der Waals surface area contributed by atoms with Gasteiger partial charge in [-0.05, 0) is 53.5 Å². The van der Waals surface area contributed by atoms with Crippen molar-refractivity contribution in [2.75, 3.05) is 11.9 Å². The topological polar surface area (TPSA) is 38.3 Å². The van der Waals surface area contributed by atoms with Crippen LogP contribution in [-0.4, -0.2) is 18.6 Å². The molecule has 0 amide bonds. The second-order valence-corrected chi connectivity index (χ2v) is 5.07. The van der Waals surface area contributed by atoms with Gasteiger partial charge in [0.15, 0.2) is 0 Å². The van der Waals surface area contributed by atoms with Crippen molar-refractivity contribution in [3.8, 4) is 0 Å². The van der Waals surface area contributed by atoms with Crippen LogP contribution in [0.1, 0.15) is 13.8 Å². The van der Waals surface area contributed by atoms with Gasteiger partial charge in [0.2, 0.25) is 0 Å². The van der Waals surface area contributed by atoms with Crippen molar-refractivity contribution in [1.29, 1.82) is 0 Å². The van der Waals surface area contributed by atoms with Crippen LogP contribution in [0, 0.1) is 0 Å². The van der Waals surface area contributed by atoms with E-state index < -0.39 is 6.04 Å². The Morgan fingerprint density at radius 3 is 2.78 bits per heavy atom. The zero-order chi connectivity index (χ0) is 13.7. The molecule has 18 heavy (non-hydrogen) atoms. The van der Waals surface area contributed by atoms with Crippen molar-refractivity contribution >= 4 is 39.2 Å². The highest BCUT2D eigenvalue weighted by atomic mass is 79.9. The minimum Gasteiger partial charge on any atom is -0.464 e. The predicted molar refractivity (Wildman–Crippen MR) is 78.0 cm³/mol. The zero-order valence-corrected chi connectivity index (χ0v) is 12.6. The number of halogens is 2. The van der Waals surface area contributed by atoms with E-state index in [0.29, 0.717) is 17.2 Å². The van der Waals surface area contributed by atoms with Crippen LogP contribution in [0.4, 0.5) is 5.69 Å². The molecule has 1 aromatic rings. The first kappa shape index (κ1) is 15.1. The van der Waals surface area contributed by atoms with E-state index >= 15 is 0 Å². The number of benzene rings is 1. The second-order valence-electron chi connectivity index (χ2n) is 3.80. The molecule has 0 heterocycles. The molecule has 0 aliphatic carbocycles. The maximum atomic E-state index is 11.8. The molecular formula is C13H15BrClNO2. The normalized spacial score (nSPS) is 11.8. The van der Waals surface area contributed by atoms with E-state index in [2.05, 4.69) is 27.8 Å². The first-order valence-corrected chi connectivity index (χ1v) is 6.66. The molecule has 1 unspecified atom stereocenters. The largest absolute Gasteiger partial charge is 0.464 e. The van der Waals surface area contributed by atoms with Gasteiger partial charge in [-0.25, -0.2) is 4.79 Å². The lowest BCUT2D eigenvalue weighted by atomic mass is 10.1. The number of ether oxygens (including phenoxy) is 1. The molecule has 0 radical (unpaired) electrons. The molecule has 3 nitrogen and oxygen atoms in total. The Morgan fingerprint density at radius 1 is 1.61 bits per heavy atom. The molecule has 0 saturated carbocycles. The molecule has 98 valence electrons. The standard InChI is InChI=1S/C13H15BrClNO2/c1-4-18-13(17)12(8(2)3)16-9-5-6-11(15)10(14)7-9/h5-7,12,16H,2,4H2,1,3H3. The fraction of sp³-hybridized carbons (Fsp3) is 0.308. The number of hydrogen-bond acceptors (Lipinski definition) is 3. The Hall–Kier alpha value is -1.00. The Labute approximate surface area is 120 Å². The molecule has 5 heteroatoms. The SMILES string of the molecule is C=C(C)C(Nc1ccc(Cl)c(Br)c1)C(=O)OCC. The van der Waals surface area contributed by atoms with Gasteiger partial charge < -0.3 is 10.1 Å². The number of nitrogens with one attached hydrogen (secondary N) is 1. The number of esters is 1. The molecule has 0 bridgehead atoms. The summed E-state index contributed by atoms with van der Waals surface area (Å²) >= 11 is 9.24. The third kappa shape index (κ3) is 4.03. The lowest BCUT2D eigenvalue weighted by Gasteiger charge is -2.18. The Kier molecular flexibility index (Phi) is 5.69. The molecule has 0 aliphatic rings. The fourth-order valence-electron chi connectivity index (χ4n) is 1.36. The van der Waals surface area contributed by atoms with Crippen molar-refractivity contribution in [3.05, 3.63) is 39.8 Å². The van der Waals surface area contributed by atoms with E-state index in [0.717, 1.165) is 10.2 Å². The van der Waals surface area contributed by atoms with Gasteiger partial charge >= 0.3 is 5.97 Å². The summed E-state index contributed by atoms with van der Waals surface area (Å²) in [6.07, 6.45) is 0.